The quantitative estimate of drug-likeness (QED) is 0.597. The molecular weight excluding hydrogens is 416 g/mol. The van der Waals surface area contributed by atoms with Gasteiger partial charge in [-0.3, -0.25) is 24.1 Å². The van der Waals surface area contributed by atoms with Gasteiger partial charge in [-0.05, 0) is 44.0 Å². The van der Waals surface area contributed by atoms with Crippen molar-refractivity contribution in [1.82, 2.24) is 19.6 Å². The Labute approximate surface area is 173 Å². The Bertz CT molecular complexity index is 1270. The maximum atomic E-state index is 13.2. The molecule has 0 aliphatic heterocycles. The number of sulfone groups is 1. The van der Waals surface area contributed by atoms with E-state index in [1.807, 2.05) is 0 Å². The van der Waals surface area contributed by atoms with Crippen molar-refractivity contribution < 1.29 is 13.2 Å². The number of nitrogens with zero attached hydrogens (tertiary/aromatic N) is 3. The zero-order valence-corrected chi connectivity index (χ0v) is 18.1. The van der Waals surface area contributed by atoms with Gasteiger partial charge in [0.1, 0.15) is 5.56 Å². The number of hydrogen-bond donors (Lipinski definition) is 1. The van der Waals surface area contributed by atoms with Crippen LogP contribution in [0.3, 0.4) is 0 Å². The van der Waals surface area contributed by atoms with Crippen molar-refractivity contribution in [2.75, 3.05) is 6.26 Å². The van der Waals surface area contributed by atoms with Gasteiger partial charge in [0.15, 0.2) is 9.84 Å². The Morgan fingerprint density at radius 3 is 2.48 bits per heavy atom. The number of nitrogens with one attached hydrogen (secondary N) is 1. The first kappa shape index (κ1) is 21.1. The van der Waals surface area contributed by atoms with E-state index in [9.17, 15) is 18.0 Å². The van der Waals surface area contributed by atoms with Crippen molar-refractivity contribution in [2.45, 2.75) is 38.8 Å². The summed E-state index contributed by atoms with van der Waals surface area (Å²) in [4.78, 5) is 25.8. The highest BCUT2D eigenvalue weighted by Gasteiger charge is 2.25. The average Bonchev–Trinajstić information content (AvgIpc) is 3.17. The molecule has 154 valence electrons. The fraction of sp³-hybridized carbons (Fsp3) is 0.316. The van der Waals surface area contributed by atoms with E-state index in [0.717, 1.165) is 6.26 Å². The average molecular weight is 437 g/mol. The van der Waals surface area contributed by atoms with E-state index < -0.39 is 21.2 Å². The number of benzene rings is 1. The van der Waals surface area contributed by atoms with E-state index in [-0.39, 0.29) is 22.6 Å². The van der Waals surface area contributed by atoms with Gasteiger partial charge in [-0.15, -0.1) is 0 Å². The molecule has 3 aromatic rings. The van der Waals surface area contributed by atoms with Crippen LogP contribution in [-0.4, -0.2) is 40.0 Å². The highest BCUT2D eigenvalue weighted by Crippen LogP contribution is 2.26. The minimum atomic E-state index is -3.55. The van der Waals surface area contributed by atoms with Crippen molar-refractivity contribution >= 4 is 27.2 Å². The lowest BCUT2D eigenvalue weighted by atomic mass is 9.95. The van der Waals surface area contributed by atoms with Gasteiger partial charge < -0.3 is 0 Å². The molecule has 0 saturated heterocycles. The Balaban J connectivity index is 2.19. The second kappa shape index (κ2) is 7.64. The van der Waals surface area contributed by atoms with Crippen LogP contribution in [0, 0.1) is 13.8 Å². The lowest BCUT2D eigenvalue weighted by molar-refractivity contribution is 0.103. The van der Waals surface area contributed by atoms with Crippen molar-refractivity contribution in [1.29, 1.82) is 0 Å². The number of aryl methyl sites for hydroxylation is 2. The lowest BCUT2D eigenvalue weighted by Gasteiger charge is -2.15. The summed E-state index contributed by atoms with van der Waals surface area (Å²) >= 11 is 5.91. The molecule has 2 aromatic heterocycles. The first-order chi connectivity index (χ1) is 13.5. The van der Waals surface area contributed by atoms with E-state index in [1.54, 1.807) is 27.0 Å². The van der Waals surface area contributed by atoms with Gasteiger partial charge in [-0.25, -0.2) is 8.42 Å². The number of carbonyl (C=O) groups excluding carboxylic acids is 1. The summed E-state index contributed by atoms with van der Waals surface area (Å²) in [6, 6.07) is 2.85. The van der Waals surface area contributed by atoms with Gasteiger partial charge in [0.2, 0.25) is 5.78 Å². The monoisotopic (exact) mass is 436 g/mol. The number of aromatic amines is 1. The SMILES string of the molecule is CCn1[nH]c(C)c(C(=O)c2ccc(S(C)(=O)=O)c(Cn3cc(Cl)cn3)c2C)c1=O. The zero-order chi connectivity index (χ0) is 21.5. The molecule has 2 heterocycles. The van der Waals surface area contributed by atoms with Gasteiger partial charge in [0.25, 0.3) is 5.56 Å². The molecule has 0 radical (unpaired) electrons. The first-order valence-corrected chi connectivity index (χ1v) is 11.2. The molecular formula is C19H21ClN4O4S. The third-order valence-electron chi connectivity index (χ3n) is 4.80. The molecule has 10 heteroatoms. The molecule has 0 atom stereocenters. The van der Waals surface area contributed by atoms with Crippen LogP contribution < -0.4 is 5.56 Å². The van der Waals surface area contributed by atoms with E-state index in [4.69, 9.17) is 11.6 Å². The molecule has 0 spiro atoms. The zero-order valence-electron chi connectivity index (χ0n) is 16.5. The van der Waals surface area contributed by atoms with Crippen LogP contribution in [0.4, 0.5) is 0 Å². The Morgan fingerprint density at radius 1 is 1.28 bits per heavy atom. The Morgan fingerprint density at radius 2 is 1.97 bits per heavy atom. The third kappa shape index (κ3) is 3.92. The standard InChI is InChI=1S/C19H21ClN4O4S/c1-5-24-19(26)17(12(3)22-24)18(25)14-6-7-16(29(4,27)28)15(11(14)2)10-23-9-13(20)8-21-23/h6-9,22H,5,10H2,1-4H3. The van der Waals surface area contributed by atoms with E-state index >= 15 is 0 Å². The number of aromatic nitrogens is 4. The fourth-order valence-corrected chi connectivity index (χ4v) is 4.47. The number of halogens is 1. The molecule has 0 fully saturated rings. The summed E-state index contributed by atoms with van der Waals surface area (Å²) in [5.41, 5.74) is 1.30. The van der Waals surface area contributed by atoms with Crippen LogP contribution in [0.5, 0.6) is 0 Å². The summed E-state index contributed by atoms with van der Waals surface area (Å²) in [5, 5.41) is 7.40. The minimum Gasteiger partial charge on any atom is -0.299 e. The predicted molar refractivity (Wildman–Crippen MR) is 110 cm³/mol. The largest absolute Gasteiger partial charge is 0.299 e. The second-order valence-corrected chi connectivity index (χ2v) is 9.25. The first-order valence-electron chi connectivity index (χ1n) is 8.89. The van der Waals surface area contributed by atoms with Gasteiger partial charge in [0.05, 0.1) is 22.7 Å². The second-order valence-electron chi connectivity index (χ2n) is 6.83. The van der Waals surface area contributed by atoms with Gasteiger partial charge in [-0.1, -0.05) is 11.6 Å². The molecule has 0 saturated carbocycles. The summed E-state index contributed by atoms with van der Waals surface area (Å²) < 4.78 is 27.5. The van der Waals surface area contributed by atoms with Crippen LogP contribution in [0.1, 0.15) is 39.7 Å². The molecule has 0 bridgehead atoms. The van der Waals surface area contributed by atoms with E-state index in [1.165, 1.54) is 27.7 Å². The van der Waals surface area contributed by atoms with Crippen molar-refractivity contribution in [3.05, 3.63) is 67.9 Å². The minimum absolute atomic E-state index is 0.0511. The molecule has 0 aliphatic rings. The van der Waals surface area contributed by atoms with Crippen molar-refractivity contribution in [2.24, 2.45) is 0 Å². The topological polar surface area (TPSA) is 107 Å². The Hall–Kier alpha value is -2.65. The van der Waals surface area contributed by atoms with E-state index in [0.29, 0.717) is 28.4 Å². The molecule has 8 nitrogen and oxygen atoms in total. The van der Waals surface area contributed by atoms with Crippen LogP contribution in [0.2, 0.25) is 5.02 Å². The predicted octanol–water partition coefficient (Wildman–Crippen LogP) is 2.35. The maximum Gasteiger partial charge on any atom is 0.278 e. The van der Waals surface area contributed by atoms with Crippen LogP contribution in [0.25, 0.3) is 0 Å². The molecule has 0 aliphatic carbocycles. The molecule has 0 amide bonds. The van der Waals surface area contributed by atoms with Gasteiger partial charge in [0, 0.05) is 30.3 Å². The summed E-state index contributed by atoms with van der Waals surface area (Å²) in [6.07, 6.45) is 4.12. The normalized spacial score (nSPS) is 11.8. The molecule has 1 N–H and O–H groups in total. The summed E-state index contributed by atoms with van der Waals surface area (Å²) in [7, 11) is -3.55. The van der Waals surface area contributed by atoms with Crippen LogP contribution in [-0.2, 0) is 22.9 Å². The molecule has 1 aromatic carbocycles. The lowest BCUT2D eigenvalue weighted by Crippen LogP contribution is -2.22. The number of hydrogen-bond acceptors (Lipinski definition) is 5. The van der Waals surface area contributed by atoms with Crippen LogP contribution in [0.15, 0.2) is 34.2 Å². The van der Waals surface area contributed by atoms with E-state index in [2.05, 4.69) is 10.2 Å². The number of ketones is 1. The third-order valence-corrected chi connectivity index (χ3v) is 6.18. The van der Waals surface area contributed by atoms with Crippen molar-refractivity contribution in [3.63, 3.8) is 0 Å². The summed E-state index contributed by atoms with van der Waals surface area (Å²) in [5.74, 6) is -0.451. The highest BCUT2D eigenvalue weighted by molar-refractivity contribution is 7.90. The van der Waals surface area contributed by atoms with Crippen LogP contribution >= 0.6 is 11.6 Å². The van der Waals surface area contributed by atoms with Crippen molar-refractivity contribution in [3.8, 4) is 0 Å². The Kier molecular flexibility index (Phi) is 5.55. The number of carbonyl (C=O) groups is 1. The highest BCUT2D eigenvalue weighted by atomic mass is 35.5. The molecule has 3 rings (SSSR count). The number of H-pyrrole nitrogens is 1. The smallest absolute Gasteiger partial charge is 0.278 e. The van der Waals surface area contributed by atoms with Gasteiger partial charge >= 0.3 is 0 Å². The molecule has 29 heavy (non-hydrogen) atoms. The maximum absolute atomic E-state index is 13.2. The number of rotatable bonds is 6. The van der Waals surface area contributed by atoms with Gasteiger partial charge in [-0.2, -0.15) is 5.10 Å². The summed E-state index contributed by atoms with van der Waals surface area (Å²) in [6.45, 7) is 5.65. The molecule has 0 unspecified atom stereocenters. The fourth-order valence-electron chi connectivity index (χ4n) is 3.34.